The fourth-order valence-electron chi connectivity index (χ4n) is 2.30. The maximum Gasteiger partial charge on any atom is 0.119 e. The molecule has 108 valence electrons. The van der Waals surface area contributed by atoms with Gasteiger partial charge in [0.05, 0.1) is 7.11 Å². The number of methoxy groups -OCH3 is 1. The van der Waals surface area contributed by atoms with E-state index in [4.69, 9.17) is 4.74 Å². The summed E-state index contributed by atoms with van der Waals surface area (Å²) in [5, 5.41) is 7.94. The summed E-state index contributed by atoms with van der Waals surface area (Å²) in [6.45, 7) is 3.14. The monoisotopic (exact) mass is 353 g/mol. The molecule has 0 fully saturated rings. The molecular formula is C16H20BrNOS. The molecule has 4 heteroatoms. The van der Waals surface area contributed by atoms with Crippen molar-refractivity contribution in [3.63, 3.8) is 0 Å². The Morgan fingerprint density at radius 2 is 2.15 bits per heavy atom. The first-order valence-corrected chi connectivity index (χ1v) is 8.53. The molecule has 2 rings (SSSR count). The molecule has 1 N–H and O–H groups in total. The minimum atomic E-state index is 0.443. The van der Waals surface area contributed by atoms with E-state index in [0.29, 0.717) is 6.04 Å². The lowest BCUT2D eigenvalue weighted by Gasteiger charge is -2.18. The van der Waals surface area contributed by atoms with Crippen molar-refractivity contribution in [1.82, 2.24) is 5.32 Å². The molecule has 0 saturated carbocycles. The summed E-state index contributed by atoms with van der Waals surface area (Å²) in [5.74, 6) is 0.911. The third-order valence-corrected chi connectivity index (χ3v) is 4.78. The highest BCUT2D eigenvalue weighted by atomic mass is 79.9. The van der Waals surface area contributed by atoms with E-state index in [1.54, 1.807) is 18.4 Å². The zero-order valence-electron chi connectivity index (χ0n) is 11.9. The molecule has 1 atom stereocenters. The maximum atomic E-state index is 5.32. The smallest absolute Gasteiger partial charge is 0.119 e. The lowest BCUT2D eigenvalue weighted by Crippen LogP contribution is -2.33. The third kappa shape index (κ3) is 4.33. The van der Waals surface area contributed by atoms with Crippen LogP contribution in [0.3, 0.4) is 0 Å². The van der Waals surface area contributed by atoms with Gasteiger partial charge < -0.3 is 10.1 Å². The van der Waals surface area contributed by atoms with Gasteiger partial charge in [-0.25, -0.2) is 0 Å². The number of halogens is 1. The lowest BCUT2D eigenvalue weighted by molar-refractivity contribution is 0.413. The number of rotatable bonds is 7. The van der Waals surface area contributed by atoms with E-state index in [-0.39, 0.29) is 0 Å². The Morgan fingerprint density at radius 3 is 2.80 bits per heavy atom. The van der Waals surface area contributed by atoms with Crippen LogP contribution in [0.5, 0.6) is 5.75 Å². The number of ether oxygens (including phenoxy) is 1. The summed E-state index contributed by atoms with van der Waals surface area (Å²) in [6, 6.07) is 8.80. The van der Waals surface area contributed by atoms with Crippen LogP contribution in [0.1, 0.15) is 18.1 Å². The third-order valence-electron chi connectivity index (χ3n) is 3.27. The Kier molecular flexibility index (Phi) is 6.07. The summed E-state index contributed by atoms with van der Waals surface area (Å²) in [5.41, 5.74) is 2.69. The molecule has 0 amide bonds. The van der Waals surface area contributed by atoms with Crippen molar-refractivity contribution in [3.8, 4) is 5.75 Å². The van der Waals surface area contributed by atoms with Gasteiger partial charge in [0.15, 0.2) is 0 Å². The van der Waals surface area contributed by atoms with E-state index >= 15 is 0 Å². The van der Waals surface area contributed by atoms with Gasteiger partial charge in [-0.05, 0) is 65.5 Å². The van der Waals surface area contributed by atoms with Gasteiger partial charge in [0.1, 0.15) is 5.75 Å². The minimum absolute atomic E-state index is 0.443. The van der Waals surface area contributed by atoms with Crippen LogP contribution in [-0.4, -0.2) is 19.7 Å². The van der Waals surface area contributed by atoms with Gasteiger partial charge in [-0.2, -0.15) is 11.3 Å². The second kappa shape index (κ2) is 7.81. The first-order chi connectivity index (χ1) is 9.72. The predicted octanol–water partition coefficient (Wildman–Crippen LogP) is 4.28. The first kappa shape index (κ1) is 15.5. The quantitative estimate of drug-likeness (QED) is 0.801. The van der Waals surface area contributed by atoms with E-state index in [1.165, 1.54) is 11.1 Å². The topological polar surface area (TPSA) is 21.3 Å². The molecule has 0 aliphatic rings. The van der Waals surface area contributed by atoms with Crippen molar-refractivity contribution in [3.05, 3.63) is 50.6 Å². The number of hydrogen-bond donors (Lipinski definition) is 1. The number of hydrogen-bond acceptors (Lipinski definition) is 3. The van der Waals surface area contributed by atoms with E-state index in [9.17, 15) is 0 Å². The molecule has 2 nitrogen and oxygen atoms in total. The fraction of sp³-hybridized carbons (Fsp3) is 0.375. The van der Waals surface area contributed by atoms with E-state index in [1.807, 2.05) is 6.07 Å². The van der Waals surface area contributed by atoms with Crippen molar-refractivity contribution in [2.45, 2.75) is 25.8 Å². The van der Waals surface area contributed by atoms with Crippen LogP contribution in [0.4, 0.5) is 0 Å². The Labute approximate surface area is 133 Å². The normalized spacial score (nSPS) is 12.3. The fourth-order valence-corrected chi connectivity index (χ4v) is 3.39. The van der Waals surface area contributed by atoms with Crippen LogP contribution < -0.4 is 10.1 Å². The van der Waals surface area contributed by atoms with Gasteiger partial charge >= 0.3 is 0 Å². The number of likely N-dealkylation sites (N-methyl/N-ethyl adjacent to an activating group) is 1. The molecule has 20 heavy (non-hydrogen) atoms. The highest BCUT2D eigenvalue weighted by Crippen LogP contribution is 2.24. The summed E-state index contributed by atoms with van der Waals surface area (Å²) in [4.78, 5) is 0. The molecule has 1 heterocycles. The van der Waals surface area contributed by atoms with Crippen LogP contribution >= 0.6 is 27.3 Å². The molecule has 0 bridgehead atoms. The van der Waals surface area contributed by atoms with Crippen molar-refractivity contribution < 1.29 is 4.74 Å². The van der Waals surface area contributed by atoms with Crippen LogP contribution in [0, 0.1) is 0 Å². The molecule has 1 unspecified atom stereocenters. The van der Waals surface area contributed by atoms with Crippen LogP contribution in [-0.2, 0) is 12.8 Å². The maximum absolute atomic E-state index is 5.32. The van der Waals surface area contributed by atoms with Gasteiger partial charge in [-0.15, -0.1) is 0 Å². The van der Waals surface area contributed by atoms with Gasteiger partial charge in [0, 0.05) is 10.5 Å². The molecule has 0 aliphatic carbocycles. The predicted molar refractivity (Wildman–Crippen MR) is 89.9 cm³/mol. The molecule has 0 saturated heterocycles. The highest BCUT2D eigenvalue weighted by molar-refractivity contribution is 9.10. The molecule has 2 aromatic rings. The van der Waals surface area contributed by atoms with E-state index in [2.05, 4.69) is 57.1 Å². The van der Waals surface area contributed by atoms with Gasteiger partial charge in [-0.1, -0.05) is 22.9 Å². The summed E-state index contributed by atoms with van der Waals surface area (Å²) < 4.78 is 6.46. The molecule has 0 aliphatic heterocycles. The average Bonchev–Trinajstić information content (AvgIpc) is 2.94. The molecular weight excluding hydrogens is 334 g/mol. The summed E-state index contributed by atoms with van der Waals surface area (Å²) in [6.07, 6.45) is 2.04. The van der Waals surface area contributed by atoms with E-state index < -0.39 is 0 Å². The van der Waals surface area contributed by atoms with Crippen molar-refractivity contribution in [2.24, 2.45) is 0 Å². The zero-order chi connectivity index (χ0) is 14.4. The van der Waals surface area contributed by atoms with Crippen LogP contribution in [0.2, 0.25) is 0 Å². The van der Waals surface area contributed by atoms with Gasteiger partial charge in [-0.3, -0.25) is 0 Å². The Hall–Kier alpha value is -0.840. The highest BCUT2D eigenvalue weighted by Gasteiger charge is 2.12. The average molecular weight is 354 g/mol. The second-order valence-corrected chi connectivity index (χ2v) is 6.39. The standard InChI is InChI=1S/C16H20BrNOS/c1-3-18-14(8-12-6-7-20-11-12)9-13-10-15(19-2)4-5-16(13)17/h4-7,10-11,14,18H,3,8-9H2,1-2H3. The summed E-state index contributed by atoms with van der Waals surface area (Å²) in [7, 11) is 1.71. The van der Waals surface area contributed by atoms with E-state index in [0.717, 1.165) is 29.6 Å². The Morgan fingerprint density at radius 1 is 1.30 bits per heavy atom. The van der Waals surface area contributed by atoms with Gasteiger partial charge in [0.2, 0.25) is 0 Å². The largest absolute Gasteiger partial charge is 0.497 e. The lowest BCUT2D eigenvalue weighted by atomic mass is 10.0. The minimum Gasteiger partial charge on any atom is -0.497 e. The van der Waals surface area contributed by atoms with Crippen molar-refractivity contribution >= 4 is 27.3 Å². The van der Waals surface area contributed by atoms with Gasteiger partial charge in [0.25, 0.3) is 0 Å². The molecule has 0 spiro atoms. The molecule has 0 radical (unpaired) electrons. The molecule has 1 aromatic carbocycles. The molecule has 1 aromatic heterocycles. The number of thiophene rings is 1. The first-order valence-electron chi connectivity index (χ1n) is 6.79. The number of nitrogens with one attached hydrogen (secondary N) is 1. The SMILES string of the molecule is CCNC(Cc1ccsc1)Cc1cc(OC)ccc1Br. The second-order valence-electron chi connectivity index (χ2n) is 4.75. The number of benzene rings is 1. The Balaban J connectivity index is 2.10. The van der Waals surface area contributed by atoms with Crippen molar-refractivity contribution in [2.75, 3.05) is 13.7 Å². The Bertz CT molecular complexity index is 527. The van der Waals surface area contributed by atoms with Crippen LogP contribution in [0.25, 0.3) is 0 Å². The zero-order valence-corrected chi connectivity index (χ0v) is 14.3. The van der Waals surface area contributed by atoms with Crippen molar-refractivity contribution in [1.29, 1.82) is 0 Å². The van der Waals surface area contributed by atoms with Crippen LogP contribution in [0.15, 0.2) is 39.5 Å². The summed E-state index contributed by atoms with van der Waals surface area (Å²) >= 11 is 5.39.